The Labute approximate surface area is 185 Å². The molecule has 1 amide bonds. The van der Waals surface area contributed by atoms with Crippen LogP contribution in [0.25, 0.3) is 5.69 Å². The summed E-state index contributed by atoms with van der Waals surface area (Å²) in [6, 6.07) is 13.9. The summed E-state index contributed by atoms with van der Waals surface area (Å²) in [5.74, 6) is 1.34. The summed E-state index contributed by atoms with van der Waals surface area (Å²) in [6.45, 7) is 4.75. The zero-order valence-electron chi connectivity index (χ0n) is 16.9. The number of rotatable bonds is 9. The maximum absolute atomic E-state index is 13.5. The van der Waals surface area contributed by atoms with Crippen LogP contribution in [0.1, 0.15) is 31.7 Å². The summed E-state index contributed by atoms with van der Waals surface area (Å²) in [5, 5.41) is 12.8. The standard InChI is InChI=1S/C22H24ClFN4OS/c1-15(2)13-25-21(29)10-9-20-26-27-22(28(20)19-8-4-6-17(23)12-19)30-14-16-5-3-7-18(24)11-16/h3-8,11-12,15H,9-10,13-14H2,1-2H3,(H,25,29). The van der Waals surface area contributed by atoms with Crippen molar-refractivity contribution in [3.63, 3.8) is 0 Å². The molecule has 0 saturated heterocycles. The molecule has 0 aliphatic carbocycles. The fraction of sp³-hybridized carbons (Fsp3) is 0.318. The molecular formula is C22H24ClFN4OS. The van der Waals surface area contributed by atoms with Gasteiger partial charge in [-0.05, 0) is 41.8 Å². The second-order valence-electron chi connectivity index (χ2n) is 7.33. The average molecular weight is 447 g/mol. The zero-order chi connectivity index (χ0) is 21.5. The van der Waals surface area contributed by atoms with Crippen LogP contribution in [0.5, 0.6) is 0 Å². The Kier molecular flexibility index (Phi) is 7.87. The van der Waals surface area contributed by atoms with Gasteiger partial charge < -0.3 is 5.32 Å². The predicted molar refractivity (Wildman–Crippen MR) is 118 cm³/mol. The van der Waals surface area contributed by atoms with Gasteiger partial charge in [0, 0.05) is 30.2 Å². The number of thioether (sulfide) groups is 1. The molecule has 5 nitrogen and oxygen atoms in total. The number of aromatic nitrogens is 3. The van der Waals surface area contributed by atoms with Crippen LogP contribution in [0.3, 0.4) is 0 Å². The van der Waals surface area contributed by atoms with E-state index in [9.17, 15) is 9.18 Å². The van der Waals surface area contributed by atoms with E-state index >= 15 is 0 Å². The molecule has 3 aromatic rings. The lowest BCUT2D eigenvalue weighted by molar-refractivity contribution is -0.121. The van der Waals surface area contributed by atoms with E-state index < -0.39 is 0 Å². The van der Waals surface area contributed by atoms with Crippen molar-refractivity contribution < 1.29 is 9.18 Å². The second-order valence-corrected chi connectivity index (χ2v) is 8.71. The van der Waals surface area contributed by atoms with Gasteiger partial charge >= 0.3 is 0 Å². The van der Waals surface area contributed by atoms with E-state index in [0.717, 1.165) is 11.3 Å². The number of benzene rings is 2. The number of hydrogen-bond donors (Lipinski definition) is 1. The van der Waals surface area contributed by atoms with Gasteiger partial charge in [0.15, 0.2) is 5.16 Å². The van der Waals surface area contributed by atoms with Gasteiger partial charge in [-0.15, -0.1) is 10.2 Å². The minimum Gasteiger partial charge on any atom is -0.356 e. The molecule has 0 bridgehead atoms. The van der Waals surface area contributed by atoms with E-state index in [4.69, 9.17) is 11.6 Å². The molecule has 0 unspecified atom stereocenters. The number of aryl methyl sites for hydroxylation is 1. The molecule has 3 rings (SSSR count). The van der Waals surface area contributed by atoms with Crippen molar-refractivity contribution in [3.05, 3.63) is 70.8 Å². The first-order valence-electron chi connectivity index (χ1n) is 9.76. The molecule has 1 N–H and O–H groups in total. The third-order valence-corrected chi connectivity index (χ3v) is 5.54. The number of carbonyl (C=O) groups excluding carboxylic acids is 1. The molecule has 0 atom stereocenters. The van der Waals surface area contributed by atoms with Gasteiger partial charge in [0.1, 0.15) is 11.6 Å². The minimum atomic E-state index is -0.266. The highest BCUT2D eigenvalue weighted by Gasteiger charge is 2.16. The van der Waals surface area contributed by atoms with E-state index in [0.29, 0.717) is 47.1 Å². The molecule has 158 valence electrons. The lowest BCUT2D eigenvalue weighted by atomic mass is 10.2. The summed E-state index contributed by atoms with van der Waals surface area (Å²) in [6.07, 6.45) is 0.768. The van der Waals surface area contributed by atoms with Gasteiger partial charge in [-0.2, -0.15) is 0 Å². The third kappa shape index (κ3) is 6.31. The van der Waals surface area contributed by atoms with Gasteiger partial charge in [-0.1, -0.05) is 55.4 Å². The van der Waals surface area contributed by atoms with Crippen LogP contribution in [0.15, 0.2) is 53.7 Å². The van der Waals surface area contributed by atoms with E-state index in [1.165, 1.54) is 23.9 Å². The van der Waals surface area contributed by atoms with Gasteiger partial charge in [-0.3, -0.25) is 9.36 Å². The normalized spacial score (nSPS) is 11.1. The molecule has 0 aliphatic heterocycles. The molecule has 0 aliphatic rings. The van der Waals surface area contributed by atoms with Crippen molar-refractivity contribution in [1.82, 2.24) is 20.1 Å². The first-order valence-corrected chi connectivity index (χ1v) is 11.1. The molecule has 0 spiro atoms. The lowest BCUT2D eigenvalue weighted by Gasteiger charge is -2.11. The van der Waals surface area contributed by atoms with Gasteiger partial charge in [0.25, 0.3) is 0 Å². The van der Waals surface area contributed by atoms with E-state index in [1.807, 2.05) is 28.8 Å². The van der Waals surface area contributed by atoms with Crippen molar-refractivity contribution in [3.8, 4) is 5.69 Å². The Morgan fingerprint density at radius 2 is 2.00 bits per heavy atom. The Bertz CT molecular complexity index is 1010. The van der Waals surface area contributed by atoms with Crippen molar-refractivity contribution in [2.45, 2.75) is 37.6 Å². The number of nitrogens with zero attached hydrogens (tertiary/aromatic N) is 3. The third-order valence-electron chi connectivity index (χ3n) is 4.31. The van der Waals surface area contributed by atoms with E-state index in [1.54, 1.807) is 12.1 Å². The van der Waals surface area contributed by atoms with Crippen molar-refractivity contribution >= 4 is 29.3 Å². The molecular weight excluding hydrogens is 423 g/mol. The van der Waals surface area contributed by atoms with E-state index in [2.05, 4.69) is 29.4 Å². The average Bonchev–Trinajstić information content (AvgIpc) is 3.12. The smallest absolute Gasteiger partial charge is 0.220 e. The predicted octanol–water partition coefficient (Wildman–Crippen LogP) is 5.06. The summed E-state index contributed by atoms with van der Waals surface area (Å²) in [7, 11) is 0. The highest BCUT2D eigenvalue weighted by Crippen LogP contribution is 2.27. The Balaban J connectivity index is 1.79. The summed E-state index contributed by atoms with van der Waals surface area (Å²) >= 11 is 7.65. The summed E-state index contributed by atoms with van der Waals surface area (Å²) in [5.41, 5.74) is 1.68. The number of nitrogens with one attached hydrogen (secondary N) is 1. The van der Waals surface area contributed by atoms with Crippen molar-refractivity contribution in [2.75, 3.05) is 6.54 Å². The second kappa shape index (κ2) is 10.6. The highest BCUT2D eigenvalue weighted by atomic mass is 35.5. The summed E-state index contributed by atoms with van der Waals surface area (Å²) in [4.78, 5) is 12.1. The minimum absolute atomic E-state index is 0.0155. The number of hydrogen-bond acceptors (Lipinski definition) is 4. The highest BCUT2D eigenvalue weighted by molar-refractivity contribution is 7.98. The van der Waals surface area contributed by atoms with Crippen LogP contribution in [0.2, 0.25) is 5.02 Å². The monoisotopic (exact) mass is 446 g/mol. The number of amides is 1. The van der Waals surface area contributed by atoms with Crippen LogP contribution in [0.4, 0.5) is 4.39 Å². The largest absolute Gasteiger partial charge is 0.356 e. The fourth-order valence-corrected chi connectivity index (χ4v) is 3.93. The number of halogens is 2. The van der Waals surface area contributed by atoms with Crippen molar-refractivity contribution in [1.29, 1.82) is 0 Å². The topological polar surface area (TPSA) is 59.8 Å². The first-order chi connectivity index (χ1) is 14.4. The fourth-order valence-electron chi connectivity index (χ4n) is 2.84. The van der Waals surface area contributed by atoms with Crippen LogP contribution in [-0.2, 0) is 17.0 Å². The molecule has 30 heavy (non-hydrogen) atoms. The Morgan fingerprint density at radius 1 is 1.20 bits per heavy atom. The van der Waals surface area contributed by atoms with Gasteiger partial charge in [0.2, 0.25) is 5.91 Å². The van der Waals surface area contributed by atoms with Gasteiger partial charge in [0.05, 0.1) is 5.69 Å². The summed E-state index contributed by atoms with van der Waals surface area (Å²) < 4.78 is 15.4. The zero-order valence-corrected chi connectivity index (χ0v) is 18.5. The van der Waals surface area contributed by atoms with Crippen LogP contribution in [0, 0.1) is 11.7 Å². The van der Waals surface area contributed by atoms with Crippen molar-refractivity contribution in [2.24, 2.45) is 5.92 Å². The SMILES string of the molecule is CC(C)CNC(=O)CCc1nnc(SCc2cccc(F)c2)n1-c1cccc(Cl)c1. The molecule has 1 heterocycles. The molecule has 0 saturated carbocycles. The Hall–Kier alpha value is -2.38. The molecule has 0 fully saturated rings. The lowest BCUT2D eigenvalue weighted by Crippen LogP contribution is -2.27. The quantitative estimate of drug-likeness (QED) is 0.467. The van der Waals surface area contributed by atoms with Gasteiger partial charge in [-0.25, -0.2) is 4.39 Å². The maximum atomic E-state index is 13.5. The number of carbonyl (C=O) groups is 1. The maximum Gasteiger partial charge on any atom is 0.220 e. The van der Waals surface area contributed by atoms with Crippen LogP contribution < -0.4 is 5.32 Å². The molecule has 2 aromatic carbocycles. The molecule has 1 aromatic heterocycles. The molecule has 8 heteroatoms. The van der Waals surface area contributed by atoms with Crippen LogP contribution in [-0.4, -0.2) is 27.2 Å². The van der Waals surface area contributed by atoms with E-state index in [-0.39, 0.29) is 11.7 Å². The Morgan fingerprint density at radius 3 is 2.73 bits per heavy atom. The first kappa shape index (κ1) is 22.3. The molecule has 0 radical (unpaired) electrons. The van der Waals surface area contributed by atoms with Crippen LogP contribution >= 0.6 is 23.4 Å².